The minimum absolute atomic E-state index is 0.128. The summed E-state index contributed by atoms with van der Waals surface area (Å²) in [7, 11) is 0. The van der Waals surface area contributed by atoms with Crippen LogP contribution in [-0.4, -0.2) is 34.5 Å². The molecule has 0 aliphatic heterocycles. The molecule has 1 aliphatic carbocycles. The fourth-order valence-electron chi connectivity index (χ4n) is 2.51. The van der Waals surface area contributed by atoms with Crippen molar-refractivity contribution in [2.45, 2.75) is 39.2 Å². The molecule has 2 rings (SSSR count). The highest BCUT2D eigenvalue weighted by Crippen LogP contribution is 2.23. The van der Waals surface area contributed by atoms with E-state index in [0.717, 1.165) is 19.3 Å². The van der Waals surface area contributed by atoms with E-state index in [4.69, 9.17) is 5.11 Å². The normalized spacial score (nSPS) is 13.4. The fourth-order valence-corrected chi connectivity index (χ4v) is 2.51. The first-order valence-electron chi connectivity index (χ1n) is 6.63. The maximum absolute atomic E-state index is 12.4. The summed E-state index contributed by atoms with van der Waals surface area (Å²) in [6, 6.07) is 5.59. The molecule has 4 nitrogen and oxygen atoms in total. The third-order valence-electron chi connectivity index (χ3n) is 3.54. The van der Waals surface area contributed by atoms with Gasteiger partial charge in [-0.25, -0.2) is 0 Å². The molecule has 0 fully saturated rings. The zero-order valence-corrected chi connectivity index (χ0v) is 11.3. The first-order valence-corrected chi connectivity index (χ1v) is 6.63. The van der Waals surface area contributed by atoms with E-state index in [1.165, 1.54) is 16.0 Å². The molecular formula is C15H19NO3. The Hall–Kier alpha value is -1.84. The van der Waals surface area contributed by atoms with Gasteiger partial charge in [0.2, 0.25) is 0 Å². The van der Waals surface area contributed by atoms with E-state index in [9.17, 15) is 9.59 Å². The van der Waals surface area contributed by atoms with Gasteiger partial charge in [-0.1, -0.05) is 6.07 Å². The lowest BCUT2D eigenvalue weighted by molar-refractivity contribution is -0.138. The van der Waals surface area contributed by atoms with Gasteiger partial charge in [0.1, 0.15) is 6.54 Å². The summed E-state index contributed by atoms with van der Waals surface area (Å²) in [5.74, 6) is -1.18. The Bertz CT molecular complexity index is 508. The van der Waals surface area contributed by atoms with Gasteiger partial charge < -0.3 is 10.0 Å². The summed E-state index contributed by atoms with van der Waals surface area (Å²) in [6.45, 7) is 3.40. The fraction of sp³-hybridized carbons (Fsp3) is 0.467. The number of benzene rings is 1. The van der Waals surface area contributed by atoms with Crippen molar-refractivity contribution in [2.75, 3.05) is 6.54 Å². The summed E-state index contributed by atoms with van der Waals surface area (Å²) in [5.41, 5.74) is 3.13. The second-order valence-electron chi connectivity index (χ2n) is 5.26. The van der Waals surface area contributed by atoms with Gasteiger partial charge in [-0.3, -0.25) is 9.59 Å². The molecule has 1 amide bonds. The van der Waals surface area contributed by atoms with Gasteiger partial charge >= 0.3 is 5.97 Å². The monoisotopic (exact) mass is 261 g/mol. The second kappa shape index (κ2) is 5.43. The molecule has 0 saturated carbocycles. The van der Waals surface area contributed by atoms with Crippen LogP contribution in [-0.2, 0) is 17.6 Å². The lowest BCUT2D eigenvalue weighted by Gasteiger charge is -2.25. The van der Waals surface area contributed by atoms with E-state index < -0.39 is 5.97 Å². The molecule has 0 bridgehead atoms. The lowest BCUT2D eigenvalue weighted by Crippen LogP contribution is -2.40. The van der Waals surface area contributed by atoms with Crippen molar-refractivity contribution < 1.29 is 14.7 Å². The summed E-state index contributed by atoms with van der Waals surface area (Å²) < 4.78 is 0. The first-order chi connectivity index (χ1) is 8.99. The molecule has 1 aromatic rings. The summed E-state index contributed by atoms with van der Waals surface area (Å²) in [5, 5.41) is 8.89. The topological polar surface area (TPSA) is 57.6 Å². The van der Waals surface area contributed by atoms with Crippen molar-refractivity contribution in [1.29, 1.82) is 0 Å². The average molecular weight is 261 g/mol. The minimum Gasteiger partial charge on any atom is -0.480 e. The number of carbonyl (C=O) groups is 2. The highest BCUT2D eigenvalue weighted by Gasteiger charge is 2.22. The molecule has 102 valence electrons. The Labute approximate surface area is 113 Å². The Kier molecular flexibility index (Phi) is 3.88. The van der Waals surface area contributed by atoms with E-state index >= 15 is 0 Å². The van der Waals surface area contributed by atoms with Crippen LogP contribution in [0, 0.1) is 0 Å². The molecule has 0 heterocycles. The number of fused-ring (bicyclic) bond motifs is 1. The summed E-state index contributed by atoms with van der Waals surface area (Å²) in [4.78, 5) is 24.6. The third kappa shape index (κ3) is 2.95. The number of aryl methyl sites for hydroxylation is 2. The molecule has 0 radical (unpaired) electrons. The zero-order chi connectivity index (χ0) is 14.0. The largest absolute Gasteiger partial charge is 0.480 e. The molecule has 0 saturated heterocycles. The van der Waals surface area contributed by atoms with Crippen LogP contribution in [0.4, 0.5) is 0 Å². The number of nitrogens with zero attached hydrogens (tertiary/aromatic N) is 1. The Morgan fingerprint density at radius 2 is 1.95 bits per heavy atom. The number of carbonyl (C=O) groups excluding carboxylic acids is 1. The molecule has 0 atom stereocenters. The standard InChI is InChI=1S/C15H19NO3/c1-10(2)16(9-14(17)18)15(19)13-7-6-11-4-3-5-12(11)8-13/h6-8,10H,3-5,9H2,1-2H3,(H,17,18). The number of amides is 1. The van der Waals surface area contributed by atoms with Gasteiger partial charge in [-0.05, 0) is 56.4 Å². The molecule has 4 heteroatoms. The van der Waals surface area contributed by atoms with Crippen molar-refractivity contribution in [3.63, 3.8) is 0 Å². The van der Waals surface area contributed by atoms with Crippen molar-refractivity contribution in [3.05, 3.63) is 34.9 Å². The van der Waals surface area contributed by atoms with Crippen LogP contribution in [0.25, 0.3) is 0 Å². The maximum Gasteiger partial charge on any atom is 0.323 e. The molecule has 1 N–H and O–H groups in total. The predicted molar refractivity (Wildman–Crippen MR) is 72.3 cm³/mol. The zero-order valence-electron chi connectivity index (χ0n) is 11.3. The van der Waals surface area contributed by atoms with Gasteiger partial charge in [0.05, 0.1) is 0 Å². The van der Waals surface area contributed by atoms with Crippen LogP contribution < -0.4 is 0 Å². The molecule has 1 aromatic carbocycles. The number of hydrogen-bond donors (Lipinski definition) is 1. The van der Waals surface area contributed by atoms with Crippen molar-refractivity contribution in [1.82, 2.24) is 4.90 Å². The van der Waals surface area contributed by atoms with Gasteiger partial charge in [0, 0.05) is 11.6 Å². The molecule has 19 heavy (non-hydrogen) atoms. The van der Waals surface area contributed by atoms with Crippen LogP contribution >= 0.6 is 0 Å². The van der Waals surface area contributed by atoms with E-state index in [1.54, 1.807) is 0 Å². The molecular weight excluding hydrogens is 242 g/mol. The summed E-state index contributed by atoms with van der Waals surface area (Å²) in [6.07, 6.45) is 3.22. The number of rotatable bonds is 4. The predicted octanol–water partition coefficient (Wildman–Crippen LogP) is 2.11. The van der Waals surface area contributed by atoms with Crippen molar-refractivity contribution in [3.8, 4) is 0 Å². The molecule has 1 aliphatic rings. The first kappa shape index (κ1) is 13.6. The van der Waals surface area contributed by atoms with Gasteiger partial charge in [-0.15, -0.1) is 0 Å². The third-order valence-corrected chi connectivity index (χ3v) is 3.54. The van der Waals surface area contributed by atoms with Crippen molar-refractivity contribution in [2.24, 2.45) is 0 Å². The molecule has 0 unspecified atom stereocenters. The van der Waals surface area contributed by atoms with E-state index in [2.05, 4.69) is 0 Å². The molecule has 0 spiro atoms. The van der Waals surface area contributed by atoms with Crippen molar-refractivity contribution >= 4 is 11.9 Å². The van der Waals surface area contributed by atoms with Crippen LogP contribution in [0.5, 0.6) is 0 Å². The number of carboxylic acids is 1. The smallest absolute Gasteiger partial charge is 0.323 e. The maximum atomic E-state index is 12.4. The van der Waals surface area contributed by atoms with E-state index in [1.807, 2.05) is 32.0 Å². The van der Waals surface area contributed by atoms with E-state index in [-0.39, 0.29) is 18.5 Å². The SMILES string of the molecule is CC(C)N(CC(=O)O)C(=O)c1ccc2c(c1)CCC2. The van der Waals surface area contributed by atoms with Crippen LogP contribution in [0.15, 0.2) is 18.2 Å². The Morgan fingerprint density at radius 1 is 1.26 bits per heavy atom. The second-order valence-corrected chi connectivity index (χ2v) is 5.26. The Morgan fingerprint density at radius 3 is 2.58 bits per heavy atom. The number of hydrogen-bond acceptors (Lipinski definition) is 2. The quantitative estimate of drug-likeness (QED) is 0.903. The van der Waals surface area contributed by atoms with Gasteiger partial charge in [-0.2, -0.15) is 0 Å². The van der Waals surface area contributed by atoms with Gasteiger partial charge in [0.15, 0.2) is 0 Å². The number of aliphatic carboxylic acids is 1. The van der Waals surface area contributed by atoms with Crippen LogP contribution in [0.2, 0.25) is 0 Å². The average Bonchev–Trinajstić information content (AvgIpc) is 2.81. The minimum atomic E-state index is -0.983. The van der Waals surface area contributed by atoms with Crippen LogP contribution in [0.1, 0.15) is 41.8 Å². The lowest BCUT2D eigenvalue weighted by atomic mass is 10.1. The Balaban J connectivity index is 2.24. The van der Waals surface area contributed by atoms with Gasteiger partial charge in [0.25, 0.3) is 5.91 Å². The summed E-state index contributed by atoms with van der Waals surface area (Å²) >= 11 is 0. The highest BCUT2D eigenvalue weighted by atomic mass is 16.4. The number of carboxylic acid groups (broad SMARTS) is 1. The highest BCUT2D eigenvalue weighted by molar-refractivity contribution is 5.96. The van der Waals surface area contributed by atoms with E-state index in [0.29, 0.717) is 5.56 Å². The van der Waals surface area contributed by atoms with Crippen LogP contribution in [0.3, 0.4) is 0 Å². The molecule has 0 aromatic heterocycles.